The highest BCUT2D eigenvalue weighted by Gasteiger charge is 2.10. The van der Waals surface area contributed by atoms with E-state index in [4.69, 9.17) is 9.97 Å². The molecule has 1 aromatic heterocycles. The molecule has 2 N–H and O–H groups in total. The summed E-state index contributed by atoms with van der Waals surface area (Å²) in [5.74, 6) is 1.46. The summed E-state index contributed by atoms with van der Waals surface area (Å²) in [5.41, 5.74) is 5.54. The van der Waals surface area contributed by atoms with Gasteiger partial charge in [-0.2, -0.15) is 4.98 Å². The van der Waals surface area contributed by atoms with Gasteiger partial charge in [0.1, 0.15) is 5.82 Å². The SMILES string of the molecule is CCc1cccc(C)c1Nc1nc(NCCCN(C)C)cc(-c2ccccc2)n1. The molecule has 3 rings (SSSR count). The fourth-order valence-corrected chi connectivity index (χ4v) is 3.28. The molecule has 0 fully saturated rings. The van der Waals surface area contributed by atoms with E-state index in [0.717, 1.165) is 48.7 Å². The Hall–Kier alpha value is -2.92. The number of nitrogens with zero attached hydrogens (tertiary/aromatic N) is 3. The van der Waals surface area contributed by atoms with Crippen LogP contribution in [0.2, 0.25) is 0 Å². The van der Waals surface area contributed by atoms with E-state index < -0.39 is 0 Å². The number of aryl methyl sites for hydroxylation is 2. The van der Waals surface area contributed by atoms with Gasteiger partial charge in [0.05, 0.1) is 5.69 Å². The van der Waals surface area contributed by atoms with Gasteiger partial charge in [0.2, 0.25) is 5.95 Å². The molecule has 1 heterocycles. The third-order valence-corrected chi connectivity index (χ3v) is 4.86. The van der Waals surface area contributed by atoms with Gasteiger partial charge in [0.25, 0.3) is 0 Å². The normalized spacial score (nSPS) is 10.9. The molecule has 29 heavy (non-hydrogen) atoms. The van der Waals surface area contributed by atoms with Crippen LogP contribution in [0.5, 0.6) is 0 Å². The summed E-state index contributed by atoms with van der Waals surface area (Å²) in [6, 6.07) is 18.6. The number of rotatable bonds is 9. The molecule has 0 aliphatic heterocycles. The lowest BCUT2D eigenvalue weighted by Crippen LogP contribution is -2.17. The van der Waals surface area contributed by atoms with Crippen LogP contribution in [0.1, 0.15) is 24.5 Å². The van der Waals surface area contributed by atoms with Crippen molar-refractivity contribution in [1.29, 1.82) is 0 Å². The van der Waals surface area contributed by atoms with E-state index in [9.17, 15) is 0 Å². The molecule has 0 aliphatic carbocycles. The molecular formula is C24H31N5. The second kappa shape index (κ2) is 10.0. The summed E-state index contributed by atoms with van der Waals surface area (Å²) >= 11 is 0. The molecule has 0 aliphatic rings. The molecule has 0 bridgehead atoms. The van der Waals surface area contributed by atoms with Crippen molar-refractivity contribution in [3.63, 3.8) is 0 Å². The van der Waals surface area contributed by atoms with Gasteiger partial charge >= 0.3 is 0 Å². The number of aromatic nitrogens is 2. The topological polar surface area (TPSA) is 53.1 Å². The van der Waals surface area contributed by atoms with Crippen LogP contribution in [-0.2, 0) is 6.42 Å². The molecule has 2 aromatic carbocycles. The maximum absolute atomic E-state index is 4.80. The summed E-state index contributed by atoms with van der Waals surface area (Å²) in [7, 11) is 4.18. The molecular weight excluding hydrogens is 358 g/mol. The monoisotopic (exact) mass is 389 g/mol. The predicted molar refractivity (Wildman–Crippen MR) is 123 cm³/mol. The Bertz CT molecular complexity index is 922. The highest BCUT2D eigenvalue weighted by Crippen LogP contribution is 2.27. The van der Waals surface area contributed by atoms with Gasteiger partial charge in [-0.15, -0.1) is 0 Å². The fraction of sp³-hybridized carbons (Fsp3) is 0.333. The van der Waals surface area contributed by atoms with E-state index in [1.54, 1.807) is 0 Å². The summed E-state index contributed by atoms with van der Waals surface area (Å²) in [5, 5.41) is 6.94. The van der Waals surface area contributed by atoms with E-state index in [1.807, 2.05) is 24.3 Å². The first kappa shape index (κ1) is 20.8. The Kier molecular flexibility index (Phi) is 7.19. The number of para-hydroxylation sites is 1. The van der Waals surface area contributed by atoms with E-state index in [1.165, 1.54) is 11.1 Å². The molecule has 0 saturated carbocycles. The zero-order chi connectivity index (χ0) is 20.6. The molecule has 0 spiro atoms. The van der Waals surface area contributed by atoms with Crippen LogP contribution in [0.4, 0.5) is 17.5 Å². The van der Waals surface area contributed by atoms with E-state index >= 15 is 0 Å². The molecule has 0 amide bonds. The number of nitrogens with one attached hydrogen (secondary N) is 2. The molecule has 0 atom stereocenters. The zero-order valence-electron chi connectivity index (χ0n) is 17.9. The minimum absolute atomic E-state index is 0.616. The molecule has 3 aromatic rings. The van der Waals surface area contributed by atoms with Crippen LogP contribution in [0.15, 0.2) is 54.6 Å². The highest BCUT2D eigenvalue weighted by molar-refractivity contribution is 5.68. The number of hydrogen-bond acceptors (Lipinski definition) is 5. The molecule has 0 unspecified atom stereocenters. The maximum Gasteiger partial charge on any atom is 0.229 e. The maximum atomic E-state index is 4.80. The molecule has 5 heteroatoms. The van der Waals surface area contributed by atoms with Crippen molar-refractivity contribution in [3.8, 4) is 11.3 Å². The molecule has 152 valence electrons. The number of anilines is 3. The lowest BCUT2D eigenvalue weighted by atomic mass is 10.1. The second-order valence-corrected chi connectivity index (χ2v) is 7.50. The van der Waals surface area contributed by atoms with E-state index in [-0.39, 0.29) is 0 Å². The van der Waals surface area contributed by atoms with Gasteiger partial charge in [-0.25, -0.2) is 4.98 Å². The minimum Gasteiger partial charge on any atom is -0.370 e. The molecule has 0 radical (unpaired) electrons. The predicted octanol–water partition coefficient (Wildman–Crippen LogP) is 5.12. The lowest BCUT2D eigenvalue weighted by molar-refractivity contribution is 0.405. The highest BCUT2D eigenvalue weighted by atomic mass is 15.1. The van der Waals surface area contributed by atoms with E-state index in [0.29, 0.717) is 5.95 Å². The van der Waals surface area contributed by atoms with Crippen LogP contribution in [0.3, 0.4) is 0 Å². The summed E-state index contributed by atoms with van der Waals surface area (Å²) in [4.78, 5) is 11.7. The standard InChI is InChI=1S/C24H31N5/c1-5-19-14-9-11-18(2)23(19)28-24-26-21(20-12-7-6-8-13-20)17-22(27-24)25-15-10-16-29(3)4/h6-9,11-14,17H,5,10,15-16H2,1-4H3,(H2,25,26,27,28). The zero-order valence-corrected chi connectivity index (χ0v) is 17.9. The van der Waals surface area contributed by atoms with Crippen LogP contribution >= 0.6 is 0 Å². The number of hydrogen-bond donors (Lipinski definition) is 2. The Morgan fingerprint density at radius 3 is 2.48 bits per heavy atom. The first-order chi connectivity index (χ1) is 14.1. The average molecular weight is 390 g/mol. The summed E-state index contributed by atoms with van der Waals surface area (Å²) < 4.78 is 0. The Morgan fingerprint density at radius 1 is 0.966 bits per heavy atom. The fourth-order valence-electron chi connectivity index (χ4n) is 3.28. The van der Waals surface area contributed by atoms with Gasteiger partial charge in [0.15, 0.2) is 0 Å². The third kappa shape index (κ3) is 5.78. The third-order valence-electron chi connectivity index (χ3n) is 4.86. The van der Waals surface area contributed by atoms with Gasteiger partial charge in [0, 0.05) is 23.9 Å². The number of benzene rings is 2. The summed E-state index contributed by atoms with van der Waals surface area (Å²) in [6.45, 7) is 6.19. The van der Waals surface area contributed by atoms with Crippen molar-refractivity contribution in [3.05, 3.63) is 65.7 Å². The quantitative estimate of drug-likeness (QED) is 0.497. The average Bonchev–Trinajstić information content (AvgIpc) is 2.73. The Balaban J connectivity index is 1.90. The minimum atomic E-state index is 0.616. The van der Waals surface area contributed by atoms with Crippen molar-refractivity contribution in [1.82, 2.24) is 14.9 Å². The lowest BCUT2D eigenvalue weighted by Gasteiger charge is -2.15. The van der Waals surface area contributed by atoms with Crippen LogP contribution in [0.25, 0.3) is 11.3 Å². The van der Waals surface area contributed by atoms with E-state index in [2.05, 4.69) is 73.8 Å². The van der Waals surface area contributed by atoms with Gasteiger partial charge < -0.3 is 15.5 Å². The van der Waals surface area contributed by atoms with Crippen molar-refractivity contribution in [2.75, 3.05) is 37.8 Å². The van der Waals surface area contributed by atoms with Crippen molar-refractivity contribution >= 4 is 17.5 Å². The van der Waals surface area contributed by atoms with Gasteiger partial charge in [-0.3, -0.25) is 0 Å². The Morgan fingerprint density at radius 2 is 1.76 bits per heavy atom. The van der Waals surface area contributed by atoms with Crippen molar-refractivity contribution < 1.29 is 0 Å². The smallest absolute Gasteiger partial charge is 0.229 e. The van der Waals surface area contributed by atoms with Crippen molar-refractivity contribution in [2.45, 2.75) is 26.7 Å². The van der Waals surface area contributed by atoms with Crippen LogP contribution < -0.4 is 10.6 Å². The molecule has 0 saturated heterocycles. The first-order valence-corrected chi connectivity index (χ1v) is 10.3. The second-order valence-electron chi connectivity index (χ2n) is 7.50. The van der Waals surface area contributed by atoms with Crippen LogP contribution in [-0.4, -0.2) is 42.1 Å². The van der Waals surface area contributed by atoms with Gasteiger partial charge in [-0.05, 0) is 51.5 Å². The largest absolute Gasteiger partial charge is 0.370 e. The van der Waals surface area contributed by atoms with Crippen molar-refractivity contribution in [2.24, 2.45) is 0 Å². The first-order valence-electron chi connectivity index (χ1n) is 10.3. The van der Waals surface area contributed by atoms with Crippen LogP contribution in [0, 0.1) is 6.92 Å². The van der Waals surface area contributed by atoms with Gasteiger partial charge in [-0.1, -0.05) is 55.5 Å². The molecule has 5 nitrogen and oxygen atoms in total. The summed E-state index contributed by atoms with van der Waals surface area (Å²) in [6.07, 6.45) is 2.01. The Labute approximate surface area is 174 Å².